The molecule has 1 saturated heterocycles. The van der Waals surface area contributed by atoms with Crippen molar-refractivity contribution in [2.45, 2.75) is 13.0 Å². The second-order valence-corrected chi connectivity index (χ2v) is 3.72. The SMILES string of the molecule is CCOc1cc(OC2CNC2)ccc1[N+](=O)[O-]. The van der Waals surface area contributed by atoms with Crippen LogP contribution in [-0.2, 0) is 0 Å². The zero-order chi connectivity index (χ0) is 12.3. The summed E-state index contributed by atoms with van der Waals surface area (Å²) in [7, 11) is 0. The Morgan fingerprint density at radius 3 is 2.82 bits per heavy atom. The highest BCUT2D eigenvalue weighted by Crippen LogP contribution is 2.31. The van der Waals surface area contributed by atoms with Gasteiger partial charge in [-0.05, 0) is 13.0 Å². The van der Waals surface area contributed by atoms with Gasteiger partial charge >= 0.3 is 5.69 Å². The van der Waals surface area contributed by atoms with Crippen molar-refractivity contribution in [2.24, 2.45) is 0 Å². The Bertz CT molecular complexity index is 418. The van der Waals surface area contributed by atoms with Crippen LogP contribution in [0.1, 0.15) is 6.92 Å². The lowest BCUT2D eigenvalue weighted by atomic mass is 10.2. The van der Waals surface area contributed by atoms with Gasteiger partial charge in [-0.15, -0.1) is 0 Å². The number of hydrogen-bond acceptors (Lipinski definition) is 5. The van der Waals surface area contributed by atoms with E-state index in [-0.39, 0.29) is 17.5 Å². The van der Waals surface area contributed by atoms with Gasteiger partial charge in [-0.2, -0.15) is 0 Å². The van der Waals surface area contributed by atoms with Gasteiger partial charge in [-0.1, -0.05) is 0 Å². The number of rotatable bonds is 5. The van der Waals surface area contributed by atoms with Crippen LogP contribution in [0.3, 0.4) is 0 Å². The standard InChI is InChI=1S/C11H14N2O4/c1-2-16-11-5-8(17-9-6-12-7-9)3-4-10(11)13(14)15/h3-5,9,12H,2,6-7H2,1H3. The molecule has 0 radical (unpaired) electrons. The van der Waals surface area contributed by atoms with Gasteiger partial charge in [0, 0.05) is 25.2 Å². The maximum atomic E-state index is 10.8. The van der Waals surface area contributed by atoms with Gasteiger partial charge in [-0.25, -0.2) is 0 Å². The largest absolute Gasteiger partial charge is 0.488 e. The van der Waals surface area contributed by atoms with Gasteiger partial charge in [0.2, 0.25) is 5.75 Å². The average molecular weight is 238 g/mol. The molecule has 1 N–H and O–H groups in total. The van der Waals surface area contributed by atoms with Crippen molar-refractivity contribution in [1.82, 2.24) is 5.32 Å². The molecule has 1 aromatic rings. The summed E-state index contributed by atoms with van der Waals surface area (Å²) >= 11 is 0. The molecular formula is C11H14N2O4. The van der Waals surface area contributed by atoms with E-state index < -0.39 is 4.92 Å². The molecule has 1 aromatic carbocycles. The first-order chi connectivity index (χ1) is 8.20. The Morgan fingerprint density at radius 1 is 1.53 bits per heavy atom. The summed E-state index contributed by atoms with van der Waals surface area (Å²) < 4.78 is 10.8. The fourth-order valence-electron chi connectivity index (χ4n) is 1.53. The summed E-state index contributed by atoms with van der Waals surface area (Å²) in [6.07, 6.45) is 0.144. The molecule has 0 amide bonds. The highest BCUT2D eigenvalue weighted by molar-refractivity contribution is 5.50. The Labute approximate surface area is 98.7 Å². The molecule has 0 saturated carbocycles. The fourth-order valence-corrected chi connectivity index (χ4v) is 1.53. The third-order valence-corrected chi connectivity index (χ3v) is 2.47. The van der Waals surface area contributed by atoms with E-state index in [9.17, 15) is 10.1 Å². The summed E-state index contributed by atoms with van der Waals surface area (Å²) in [5.41, 5.74) is -0.0362. The van der Waals surface area contributed by atoms with Crippen LogP contribution in [0.15, 0.2) is 18.2 Å². The lowest BCUT2D eigenvalue weighted by Crippen LogP contribution is -2.50. The second kappa shape index (κ2) is 5.01. The van der Waals surface area contributed by atoms with Crippen molar-refractivity contribution in [2.75, 3.05) is 19.7 Å². The third kappa shape index (κ3) is 2.65. The fraction of sp³-hybridized carbons (Fsp3) is 0.455. The Balaban J connectivity index is 2.17. The van der Waals surface area contributed by atoms with Gasteiger partial charge in [0.15, 0.2) is 0 Å². The number of benzene rings is 1. The molecule has 0 atom stereocenters. The maximum Gasteiger partial charge on any atom is 0.311 e. The molecule has 6 heteroatoms. The van der Waals surface area contributed by atoms with E-state index in [0.717, 1.165) is 13.1 Å². The molecule has 0 aliphatic carbocycles. The zero-order valence-corrected chi connectivity index (χ0v) is 9.51. The Kier molecular flexibility index (Phi) is 3.43. The van der Waals surface area contributed by atoms with Crippen LogP contribution in [0.25, 0.3) is 0 Å². The van der Waals surface area contributed by atoms with Crippen LogP contribution >= 0.6 is 0 Å². The smallest absolute Gasteiger partial charge is 0.311 e. The van der Waals surface area contributed by atoms with Crippen LogP contribution in [0, 0.1) is 10.1 Å². The highest BCUT2D eigenvalue weighted by atomic mass is 16.6. The van der Waals surface area contributed by atoms with Crippen molar-refractivity contribution in [3.05, 3.63) is 28.3 Å². The summed E-state index contributed by atoms with van der Waals surface area (Å²) in [6, 6.07) is 4.57. The number of nitrogens with zero attached hydrogens (tertiary/aromatic N) is 1. The van der Waals surface area contributed by atoms with Crippen molar-refractivity contribution in [3.8, 4) is 11.5 Å². The van der Waals surface area contributed by atoms with Crippen molar-refractivity contribution >= 4 is 5.69 Å². The van der Waals surface area contributed by atoms with Gasteiger partial charge in [0.1, 0.15) is 11.9 Å². The summed E-state index contributed by atoms with van der Waals surface area (Å²) in [5.74, 6) is 0.854. The summed E-state index contributed by atoms with van der Waals surface area (Å²) in [6.45, 7) is 3.78. The molecule has 92 valence electrons. The molecule has 6 nitrogen and oxygen atoms in total. The van der Waals surface area contributed by atoms with Crippen LogP contribution in [-0.4, -0.2) is 30.7 Å². The minimum Gasteiger partial charge on any atom is -0.488 e. The summed E-state index contributed by atoms with van der Waals surface area (Å²) in [4.78, 5) is 10.3. The molecular weight excluding hydrogens is 224 g/mol. The Hall–Kier alpha value is -1.82. The minimum atomic E-state index is -0.459. The van der Waals surface area contributed by atoms with Gasteiger partial charge < -0.3 is 14.8 Å². The van der Waals surface area contributed by atoms with Crippen LogP contribution < -0.4 is 14.8 Å². The average Bonchev–Trinajstić information content (AvgIpc) is 2.24. The summed E-state index contributed by atoms with van der Waals surface area (Å²) in [5, 5.41) is 13.9. The number of ether oxygens (including phenoxy) is 2. The predicted octanol–water partition coefficient (Wildman–Crippen LogP) is 1.34. The van der Waals surface area contributed by atoms with E-state index >= 15 is 0 Å². The van der Waals surface area contributed by atoms with Crippen LogP contribution in [0.2, 0.25) is 0 Å². The topological polar surface area (TPSA) is 73.6 Å². The van der Waals surface area contributed by atoms with E-state index in [1.807, 2.05) is 0 Å². The number of nitro groups is 1. The van der Waals surface area contributed by atoms with E-state index in [0.29, 0.717) is 12.4 Å². The monoisotopic (exact) mass is 238 g/mol. The molecule has 1 aliphatic heterocycles. The lowest BCUT2D eigenvalue weighted by molar-refractivity contribution is -0.385. The van der Waals surface area contributed by atoms with Gasteiger partial charge in [-0.3, -0.25) is 10.1 Å². The van der Waals surface area contributed by atoms with Crippen LogP contribution in [0.5, 0.6) is 11.5 Å². The zero-order valence-electron chi connectivity index (χ0n) is 9.51. The lowest BCUT2D eigenvalue weighted by Gasteiger charge is -2.27. The van der Waals surface area contributed by atoms with Gasteiger partial charge in [0.25, 0.3) is 0 Å². The normalized spacial score (nSPS) is 15.1. The van der Waals surface area contributed by atoms with E-state index in [1.54, 1.807) is 19.1 Å². The molecule has 17 heavy (non-hydrogen) atoms. The Morgan fingerprint density at radius 2 is 2.29 bits per heavy atom. The minimum absolute atomic E-state index is 0.0362. The quantitative estimate of drug-likeness (QED) is 0.619. The first-order valence-electron chi connectivity index (χ1n) is 5.49. The second-order valence-electron chi connectivity index (χ2n) is 3.72. The molecule has 0 spiro atoms. The highest BCUT2D eigenvalue weighted by Gasteiger charge is 2.21. The maximum absolute atomic E-state index is 10.8. The van der Waals surface area contributed by atoms with E-state index in [1.165, 1.54) is 6.07 Å². The first kappa shape index (κ1) is 11.7. The van der Waals surface area contributed by atoms with E-state index in [4.69, 9.17) is 9.47 Å². The van der Waals surface area contributed by atoms with Crippen molar-refractivity contribution in [3.63, 3.8) is 0 Å². The molecule has 1 heterocycles. The van der Waals surface area contributed by atoms with Crippen LogP contribution in [0.4, 0.5) is 5.69 Å². The molecule has 0 aromatic heterocycles. The number of nitro benzene ring substituents is 1. The molecule has 0 bridgehead atoms. The van der Waals surface area contributed by atoms with Crippen molar-refractivity contribution < 1.29 is 14.4 Å². The van der Waals surface area contributed by atoms with E-state index in [2.05, 4.69) is 5.32 Å². The van der Waals surface area contributed by atoms with Crippen molar-refractivity contribution in [1.29, 1.82) is 0 Å². The third-order valence-electron chi connectivity index (χ3n) is 2.47. The number of hydrogen-bond donors (Lipinski definition) is 1. The molecule has 1 aliphatic rings. The first-order valence-corrected chi connectivity index (χ1v) is 5.49. The van der Waals surface area contributed by atoms with Gasteiger partial charge in [0.05, 0.1) is 11.5 Å². The predicted molar refractivity (Wildman–Crippen MR) is 61.6 cm³/mol. The molecule has 1 fully saturated rings. The number of nitrogens with one attached hydrogen (secondary N) is 1. The molecule has 2 rings (SSSR count). The molecule has 0 unspecified atom stereocenters.